The summed E-state index contributed by atoms with van der Waals surface area (Å²) in [6.07, 6.45) is 2.63. The van der Waals surface area contributed by atoms with Crippen LogP contribution in [-0.2, 0) is 11.2 Å². The quantitative estimate of drug-likeness (QED) is 0.754. The van der Waals surface area contributed by atoms with Gasteiger partial charge in [-0.1, -0.05) is 31.2 Å². The summed E-state index contributed by atoms with van der Waals surface area (Å²) >= 11 is 0. The van der Waals surface area contributed by atoms with Crippen LogP contribution in [0.4, 0.5) is 11.4 Å². The van der Waals surface area contributed by atoms with Crippen molar-refractivity contribution in [3.8, 4) is 0 Å². The summed E-state index contributed by atoms with van der Waals surface area (Å²) in [6, 6.07) is 14.0. The van der Waals surface area contributed by atoms with Crippen LogP contribution in [0.2, 0.25) is 0 Å². The number of amides is 1. The zero-order valence-corrected chi connectivity index (χ0v) is 15.2. The van der Waals surface area contributed by atoms with Crippen LogP contribution in [0, 0.1) is 19.8 Å². The third kappa shape index (κ3) is 3.38. The lowest BCUT2D eigenvalue weighted by molar-refractivity contribution is -0.118. The van der Waals surface area contributed by atoms with E-state index in [1.54, 1.807) is 6.21 Å². The summed E-state index contributed by atoms with van der Waals surface area (Å²) in [6.45, 7) is 8.07. The lowest BCUT2D eigenvalue weighted by Crippen LogP contribution is -2.28. The first-order valence-electron chi connectivity index (χ1n) is 8.59. The van der Waals surface area contributed by atoms with Gasteiger partial charge in [-0.05, 0) is 62.1 Å². The van der Waals surface area contributed by atoms with Crippen LogP contribution in [0.5, 0.6) is 0 Å². The van der Waals surface area contributed by atoms with E-state index in [4.69, 9.17) is 0 Å². The molecule has 0 aliphatic carbocycles. The van der Waals surface area contributed by atoms with Crippen molar-refractivity contribution in [3.05, 3.63) is 59.2 Å². The van der Waals surface area contributed by atoms with Gasteiger partial charge in [0.25, 0.3) is 5.91 Å². The average molecular weight is 333 g/mol. The molecule has 0 saturated carbocycles. The molecule has 1 amide bonds. The molecule has 2 aromatic carbocycles. The van der Waals surface area contributed by atoms with Crippen molar-refractivity contribution >= 4 is 29.2 Å². The number of hydrogen-bond acceptors (Lipinski definition) is 3. The highest BCUT2D eigenvalue weighted by atomic mass is 16.2. The van der Waals surface area contributed by atoms with Crippen molar-refractivity contribution < 1.29 is 4.79 Å². The van der Waals surface area contributed by atoms with Gasteiger partial charge in [0.15, 0.2) is 0 Å². The number of carbonyl (C=O) groups excluding carboxylic acids is 1. The minimum Gasteiger partial charge on any atom is -0.271 e. The predicted octanol–water partition coefficient (Wildman–Crippen LogP) is 4.61. The van der Waals surface area contributed by atoms with Crippen LogP contribution in [0.25, 0.3) is 0 Å². The predicted molar refractivity (Wildman–Crippen MR) is 104 cm³/mol. The molecule has 0 bridgehead atoms. The molecule has 2 aromatic rings. The van der Waals surface area contributed by atoms with Crippen LogP contribution in [0.3, 0.4) is 0 Å². The molecule has 128 valence electrons. The molecule has 1 unspecified atom stereocenters. The van der Waals surface area contributed by atoms with Gasteiger partial charge in [-0.2, -0.15) is 10.1 Å². The summed E-state index contributed by atoms with van der Waals surface area (Å²) in [4.78, 5) is 17.4. The third-order valence-corrected chi connectivity index (χ3v) is 4.65. The van der Waals surface area contributed by atoms with Gasteiger partial charge in [0.2, 0.25) is 0 Å². The Morgan fingerprint density at radius 1 is 1.12 bits per heavy atom. The number of rotatable bonds is 4. The number of nitrogens with zero attached hydrogens (tertiary/aromatic N) is 3. The normalized spacial score (nSPS) is 17.4. The fourth-order valence-corrected chi connectivity index (χ4v) is 2.88. The number of hydrazone groups is 1. The number of hydrogen-bond donors (Lipinski definition) is 0. The minimum atomic E-state index is -0.411. The second-order valence-corrected chi connectivity index (χ2v) is 6.40. The highest BCUT2D eigenvalue weighted by Gasteiger charge is 2.33. The van der Waals surface area contributed by atoms with Crippen LogP contribution in [-0.4, -0.2) is 17.8 Å². The number of carbonyl (C=O) groups is 1. The smallest absolute Gasteiger partial charge is 0.261 e. The Bertz CT molecular complexity index is 867. The Labute approximate surface area is 148 Å². The fourth-order valence-electron chi connectivity index (χ4n) is 2.88. The molecule has 0 aromatic heterocycles. The molecule has 1 heterocycles. The van der Waals surface area contributed by atoms with E-state index >= 15 is 0 Å². The molecule has 3 rings (SSSR count). The topological polar surface area (TPSA) is 45.0 Å². The summed E-state index contributed by atoms with van der Waals surface area (Å²) in [5, 5.41) is 5.95. The van der Waals surface area contributed by atoms with E-state index in [9.17, 15) is 4.79 Å². The Morgan fingerprint density at radius 3 is 2.60 bits per heavy atom. The van der Waals surface area contributed by atoms with Gasteiger partial charge in [-0.3, -0.25) is 9.79 Å². The number of aryl methyl sites for hydroxylation is 3. The Kier molecular flexibility index (Phi) is 4.79. The SMILES string of the molecule is CCc1ccccc1N=CC1C(=O)N(c2ccc(C)c(C)c2)N=C1C. The second kappa shape index (κ2) is 7.01. The molecule has 1 aliphatic heterocycles. The fraction of sp³-hybridized carbons (Fsp3) is 0.286. The van der Waals surface area contributed by atoms with E-state index in [0.29, 0.717) is 0 Å². The summed E-state index contributed by atoms with van der Waals surface area (Å²) in [7, 11) is 0. The molecule has 0 fully saturated rings. The zero-order valence-electron chi connectivity index (χ0n) is 15.2. The third-order valence-electron chi connectivity index (χ3n) is 4.65. The minimum absolute atomic E-state index is 0.0570. The highest BCUT2D eigenvalue weighted by Crippen LogP contribution is 2.26. The average Bonchev–Trinajstić information content (AvgIpc) is 2.90. The van der Waals surface area contributed by atoms with Crippen LogP contribution >= 0.6 is 0 Å². The summed E-state index contributed by atoms with van der Waals surface area (Å²) in [5.41, 5.74) is 6.00. The highest BCUT2D eigenvalue weighted by molar-refractivity contribution is 6.23. The number of para-hydroxylation sites is 1. The number of benzene rings is 2. The standard InChI is InChI=1S/C21H23N3O/c1-5-17-8-6-7-9-20(17)22-13-19-16(4)23-24(21(19)25)18-11-10-14(2)15(3)12-18/h6-13,19H,5H2,1-4H3. The van der Waals surface area contributed by atoms with E-state index in [2.05, 4.69) is 30.0 Å². The molecule has 25 heavy (non-hydrogen) atoms. The maximum absolute atomic E-state index is 12.8. The number of aliphatic imine (C=N–C) groups is 1. The van der Waals surface area contributed by atoms with E-state index < -0.39 is 5.92 Å². The van der Waals surface area contributed by atoms with Crippen LogP contribution < -0.4 is 5.01 Å². The van der Waals surface area contributed by atoms with Crippen molar-refractivity contribution in [2.75, 3.05) is 5.01 Å². The van der Waals surface area contributed by atoms with Gasteiger partial charge in [0.1, 0.15) is 5.92 Å². The zero-order chi connectivity index (χ0) is 18.0. The van der Waals surface area contributed by atoms with E-state index in [0.717, 1.165) is 29.1 Å². The van der Waals surface area contributed by atoms with Gasteiger partial charge in [-0.15, -0.1) is 0 Å². The first-order chi connectivity index (χ1) is 12.0. The monoisotopic (exact) mass is 333 g/mol. The molecule has 0 radical (unpaired) electrons. The molecule has 4 heteroatoms. The van der Waals surface area contributed by atoms with Crippen LogP contribution in [0.15, 0.2) is 52.6 Å². The van der Waals surface area contributed by atoms with Gasteiger partial charge >= 0.3 is 0 Å². The molecule has 0 saturated heterocycles. The lowest BCUT2D eigenvalue weighted by atomic mass is 10.1. The van der Waals surface area contributed by atoms with Gasteiger partial charge in [0, 0.05) is 6.21 Å². The maximum atomic E-state index is 12.8. The van der Waals surface area contributed by atoms with Crippen molar-refractivity contribution in [2.45, 2.75) is 34.1 Å². The van der Waals surface area contributed by atoms with Gasteiger partial charge < -0.3 is 0 Å². The van der Waals surface area contributed by atoms with Crippen molar-refractivity contribution in [1.82, 2.24) is 0 Å². The van der Waals surface area contributed by atoms with Gasteiger partial charge in [0.05, 0.1) is 17.1 Å². The maximum Gasteiger partial charge on any atom is 0.261 e. The Balaban J connectivity index is 1.85. The van der Waals surface area contributed by atoms with Crippen molar-refractivity contribution in [2.24, 2.45) is 16.0 Å². The van der Waals surface area contributed by atoms with Gasteiger partial charge in [-0.25, -0.2) is 0 Å². The number of anilines is 1. The molecular formula is C21H23N3O. The molecule has 1 atom stereocenters. The van der Waals surface area contributed by atoms with E-state index in [-0.39, 0.29) is 5.91 Å². The lowest BCUT2D eigenvalue weighted by Gasteiger charge is -2.14. The van der Waals surface area contributed by atoms with Crippen molar-refractivity contribution in [1.29, 1.82) is 0 Å². The first-order valence-corrected chi connectivity index (χ1v) is 8.59. The Hall–Kier alpha value is -2.75. The molecule has 0 N–H and O–H groups in total. The first kappa shape index (κ1) is 17.1. The largest absolute Gasteiger partial charge is 0.271 e. The second-order valence-electron chi connectivity index (χ2n) is 6.40. The van der Waals surface area contributed by atoms with Crippen molar-refractivity contribution in [3.63, 3.8) is 0 Å². The molecule has 0 spiro atoms. The molecule has 4 nitrogen and oxygen atoms in total. The summed E-state index contributed by atoms with van der Waals surface area (Å²) < 4.78 is 0. The molecule has 1 aliphatic rings. The van der Waals surface area contributed by atoms with E-state index in [1.165, 1.54) is 16.1 Å². The Morgan fingerprint density at radius 2 is 1.88 bits per heavy atom. The van der Waals surface area contributed by atoms with E-state index in [1.807, 2.05) is 50.2 Å². The van der Waals surface area contributed by atoms with Crippen LogP contribution in [0.1, 0.15) is 30.5 Å². The summed E-state index contributed by atoms with van der Waals surface area (Å²) in [5.74, 6) is -0.468. The molecular weight excluding hydrogens is 310 g/mol.